The number of hydrogen-bond donors (Lipinski definition) is 1. The topological polar surface area (TPSA) is 15.3 Å². The molecule has 0 saturated carbocycles. The van der Waals surface area contributed by atoms with Crippen LogP contribution in [0.3, 0.4) is 0 Å². The Morgan fingerprint density at radius 2 is 1.76 bits per heavy atom. The summed E-state index contributed by atoms with van der Waals surface area (Å²) in [7, 11) is 3.72. The summed E-state index contributed by atoms with van der Waals surface area (Å²) < 4.78 is 38.6. The number of rotatable bonds is 6. The minimum Gasteiger partial charge on any atom is -0.320 e. The van der Waals surface area contributed by atoms with Crippen molar-refractivity contribution in [1.82, 2.24) is 10.2 Å². The SMILES string of the molecule is CNCCCN(C)Cc1cc(F)c(F)c(F)c1. The van der Waals surface area contributed by atoms with Gasteiger partial charge < -0.3 is 10.2 Å². The highest BCUT2D eigenvalue weighted by Gasteiger charge is 2.11. The molecule has 96 valence electrons. The number of halogens is 3. The lowest BCUT2D eigenvalue weighted by Crippen LogP contribution is -2.22. The first-order valence-electron chi connectivity index (χ1n) is 5.51. The van der Waals surface area contributed by atoms with Crippen LogP contribution in [0.2, 0.25) is 0 Å². The Bertz CT molecular complexity index is 346. The second-order valence-electron chi connectivity index (χ2n) is 4.07. The Labute approximate surface area is 99.4 Å². The van der Waals surface area contributed by atoms with Crippen LogP contribution in [0.1, 0.15) is 12.0 Å². The van der Waals surface area contributed by atoms with Crippen LogP contribution in [0.4, 0.5) is 13.2 Å². The summed E-state index contributed by atoms with van der Waals surface area (Å²) in [6.07, 6.45) is 0.944. The lowest BCUT2D eigenvalue weighted by molar-refractivity contribution is 0.319. The highest BCUT2D eigenvalue weighted by molar-refractivity contribution is 5.19. The first-order chi connectivity index (χ1) is 8.04. The van der Waals surface area contributed by atoms with Crippen LogP contribution in [-0.2, 0) is 6.54 Å². The molecular weight excluding hydrogens is 229 g/mol. The molecule has 2 nitrogen and oxygen atoms in total. The van der Waals surface area contributed by atoms with E-state index >= 15 is 0 Å². The van der Waals surface area contributed by atoms with Gasteiger partial charge in [0.2, 0.25) is 0 Å². The number of nitrogens with zero attached hydrogens (tertiary/aromatic N) is 1. The molecule has 0 fully saturated rings. The van der Waals surface area contributed by atoms with Crippen molar-refractivity contribution in [2.75, 3.05) is 27.2 Å². The molecule has 1 aromatic rings. The van der Waals surface area contributed by atoms with Crippen LogP contribution in [0.25, 0.3) is 0 Å². The molecule has 0 spiro atoms. The van der Waals surface area contributed by atoms with Gasteiger partial charge in [0.1, 0.15) is 0 Å². The third-order valence-corrected chi connectivity index (χ3v) is 2.46. The fourth-order valence-electron chi connectivity index (χ4n) is 1.62. The van der Waals surface area contributed by atoms with Gasteiger partial charge in [0.25, 0.3) is 0 Å². The first-order valence-corrected chi connectivity index (χ1v) is 5.51. The van der Waals surface area contributed by atoms with E-state index in [1.807, 2.05) is 19.0 Å². The molecule has 1 aromatic carbocycles. The summed E-state index contributed by atoms with van der Waals surface area (Å²) in [5, 5.41) is 3.02. The lowest BCUT2D eigenvalue weighted by atomic mass is 10.2. The van der Waals surface area contributed by atoms with Crippen LogP contribution < -0.4 is 5.32 Å². The molecule has 1 N–H and O–H groups in total. The van der Waals surface area contributed by atoms with Crippen molar-refractivity contribution in [2.24, 2.45) is 0 Å². The van der Waals surface area contributed by atoms with E-state index in [1.54, 1.807) is 0 Å². The number of nitrogens with one attached hydrogen (secondary N) is 1. The van der Waals surface area contributed by atoms with Crippen molar-refractivity contribution in [3.63, 3.8) is 0 Å². The zero-order valence-electron chi connectivity index (χ0n) is 10.1. The average Bonchev–Trinajstić information content (AvgIpc) is 2.26. The minimum absolute atomic E-state index is 0.401. The monoisotopic (exact) mass is 246 g/mol. The fraction of sp³-hybridized carbons (Fsp3) is 0.500. The zero-order chi connectivity index (χ0) is 12.8. The standard InChI is InChI=1S/C12H17F3N2/c1-16-4-3-5-17(2)8-9-6-10(13)12(15)11(14)7-9/h6-7,16H,3-5,8H2,1-2H3. The molecule has 0 aliphatic carbocycles. The molecule has 0 bridgehead atoms. The molecule has 0 radical (unpaired) electrons. The molecule has 0 saturated heterocycles. The molecule has 0 aliphatic rings. The third-order valence-electron chi connectivity index (χ3n) is 2.46. The van der Waals surface area contributed by atoms with Gasteiger partial charge in [0.05, 0.1) is 0 Å². The van der Waals surface area contributed by atoms with Crippen LogP contribution >= 0.6 is 0 Å². The molecule has 17 heavy (non-hydrogen) atoms. The Morgan fingerprint density at radius 3 is 2.29 bits per heavy atom. The fourth-order valence-corrected chi connectivity index (χ4v) is 1.62. The van der Waals surface area contributed by atoms with Crippen LogP contribution in [0.5, 0.6) is 0 Å². The molecule has 0 atom stereocenters. The summed E-state index contributed by atoms with van der Waals surface area (Å²) in [6, 6.07) is 2.07. The molecule has 0 aromatic heterocycles. The van der Waals surface area contributed by atoms with Crippen molar-refractivity contribution in [3.05, 3.63) is 35.1 Å². The second-order valence-corrected chi connectivity index (χ2v) is 4.07. The van der Waals surface area contributed by atoms with E-state index in [1.165, 1.54) is 0 Å². The Kier molecular flexibility index (Phi) is 5.44. The van der Waals surface area contributed by atoms with Gasteiger partial charge in [-0.1, -0.05) is 0 Å². The highest BCUT2D eigenvalue weighted by Crippen LogP contribution is 2.14. The smallest absolute Gasteiger partial charge is 0.194 e. The largest absolute Gasteiger partial charge is 0.320 e. The molecular formula is C12H17F3N2. The van der Waals surface area contributed by atoms with Crippen molar-refractivity contribution in [1.29, 1.82) is 0 Å². The van der Waals surface area contributed by atoms with Gasteiger partial charge in [0, 0.05) is 6.54 Å². The number of hydrogen-bond acceptors (Lipinski definition) is 2. The zero-order valence-corrected chi connectivity index (χ0v) is 10.1. The van der Waals surface area contributed by atoms with Crippen LogP contribution in [-0.4, -0.2) is 32.1 Å². The van der Waals surface area contributed by atoms with Gasteiger partial charge >= 0.3 is 0 Å². The number of benzene rings is 1. The summed E-state index contributed by atoms with van der Waals surface area (Å²) in [4.78, 5) is 1.93. The maximum absolute atomic E-state index is 13.0. The Balaban J connectivity index is 2.56. The van der Waals surface area contributed by atoms with Gasteiger partial charge in [-0.05, 0) is 51.3 Å². The first kappa shape index (κ1) is 14.0. The maximum Gasteiger partial charge on any atom is 0.194 e. The van der Waals surface area contributed by atoms with Gasteiger partial charge in [0.15, 0.2) is 17.5 Å². The summed E-state index contributed by atoms with van der Waals surface area (Å²) in [5.41, 5.74) is 0.438. The van der Waals surface area contributed by atoms with E-state index in [-0.39, 0.29) is 0 Å². The molecule has 0 aliphatic heterocycles. The normalized spacial score (nSPS) is 11.2. The van der Waals surface area contributed by atoms with Crippen molar-refractivity contribution in [3.8, 4) is 0 Å². The van der Waals surface area contributed by atoms with E-state index in [2.05, 4.69) is 5.32 Å². The minimum atomic E-state index is -1.41. The van der Waals surface area contributed by atoms with Crippen molar-refractivity contribution < 1.29 is 13.2 Å². The van der Waals surface area contributed by atoms with E-state index < -0.39 is 17.5 Å². The van der Waals surface area contributed by atoms with Crippen LogP contribution in [0, 0.1) is 17.5 Å². The van der Waals surface area contributed by atoms with E-state index in [0.717, 1.165) is 31.6 Å². The predicted octanol–water partition coefficient (Wildman–Crippen LogP) is 2.15. The lowest BCUT2D eigenvalue weighted by Gasteiger charge is -2.16. The van der Waals surface area contributed by atoms with Gasteiger partial charge in [-0.15, -0.1) is 0 Å². The van der Waals surface area contributed by atoms with E-state index in [4.69, 9.17) is 0 Å². The summed E-state index contributed by atoms with van der Waals surface area (Å²) >= 11 is 0. The molecule has 0 unspecified atom stereocenters. The van der Waals surface area contributed by atoms with Gasteiger partial charge in [-0.25, -0.2) is 13.2 Å². The summed E-state index contributed by atoms with van der Waals surface area (Å²) in [6.45, 7) is 2.09. The Hall–Kier alpha value is -1.07. The van der Waals surface area contributed by atoms with E-state index in [9.17, 15) is 13.2 Å². The van der Waals surface area contributed by atoms with Crippen LogP contribution in [0.15, 0.2) is 12.1 Å². The molecule has 0 amide bonds. The third kappa shape index (κ3) is 4.36. The average molecular weight is 246 g/mol. The Morgan fingerprint density at radius 1 is 1.18 bits per heavy atom. The predicted molar refractivity (Wildman–Crippen MR) is 61.2 cm³/mol. The second kappa shape index (κ2) is 6.61. The van der Waals surface area contributed by atoms with E-state index in [0.29, 0.717) is 12.1 Å². The highest BCUT2D eigenvalue weighted by atomic mass is 19.2. The van der Waals surface area contributed by atoms with Gasteiger partial charge in [-0.3, -0.25) is 0 Å². The van der Waals surface area contributed by atoms with Crippen molar-refractivity contribution in [2.45, 2.75) is 13.0 Å². The molecule has 0 heterocycles. The van der Waals surface area contributed by atoms with Gasteiger partial charge in [-0.2, -0.15) is 0 Å². The molecule has 5 heteroatoms. The molecule has 1 rings (SSSR count). The maximum atomic E-state index is 13.0. The summed E-state index contributed by atoms with van der Waals surface area (Å²) in [5.74, 6) is -3.68. The van der Waals surface area contributed by atoms with Crippen molar-refractivity contribution >= 4 is 0 Å². The quantitative estimate of drug-likeness (QED) is 0.611.